The van der Waals surface area contributed by atoms with Crippen molar-refractivity contribution < 1.29 is 4.74 Å². The number of rotatable bonds is 2. The van der Waals surface area contributed by atoms with Crippen LogP contribution < -0.4 is 4.74 Å². The van der Waals surface area contributed by atoms with Crippen LogP contribution in [0.15, 0.2) is 16.6 Å². The Labute approximate surface area is 91.6 Å². The number of ether oxygens (including phenoxy) is 1. The first kappa shape index (κ1) is 10.6. The van der Waals surface area contributed by atoms with Crippen molar-refractivity contribution in [1.29, 1.82) is 5.26 Å². The molecule has 0 aliphatic rings. The summed E-state index contributed by atoms with van der Waals surface area (Å²) in [4.78, 5) is 0. The Morgan fingerprint density at radius 2 is 2.29 bits per heavy atom. The molecule has 0 atom stereocenters. The Hall–Kier alpha value is -1.45. The first-order chi connectivity index (χ1) is 6.69. The lowest BCUT2D eigenvalue weighted by Gasteiger charge is -2.08. The average Bonchev–Trinajstić information content (AvgIpc) is 2.15. The molecule has 14 heavy (non-hydrogen) atoms. The van der Waals surface area contributed by atoms with Gasteiger partial charge in [0.05, 0.1) is 5.56 Å². The van der Waals surface area contributed by atoms with Crippen LogP contribution in [0.4, 0.5) is 0 Å². The van der Waals surface area contributed by atoms with Gasteiger partial charge >= 0.3 is 0 Å². The van der Waals surface area contributed by atoms with Crippen molar-refractivity contribution in [1.82, 2.24) is 0 Å². The van der Waals surface area contributed by atoms with E-state index in [-0.39, 0.29) is 6.61 Å². The minimum atomic E-state index is 0.178. The van der Waals surface area contributed by atoms with Gasteiger partial charge in [0.25, 0.3) is 0 Å². The predicted molar refractivity (Wildman–Crippen MR) is 57.9 cm³/mol. The van der Waals surface area contributed by atoms with Gasteiger partial charge in [-0.15, -0.1) is 6.42 Å². The molecule has 0 aliphatic heterocycles. The molecule has 2 nitrogen and oxygen atoms in total. The molecule has 0 aromatic heterocycles. The van der Waals surface area contributed by atoms with Crippen molar-refractivity contribution >= 4 is 15.9 Å². The maximum Gasteiger partial charge on any atom is 0.148 e. The van der Waals surface area contributed by atoms with Crippen molar-refractivity contribution in [2.75, 3.05) is 6.61 Å². The Morgan fingerprint density at radius 3 is 2.86 bits per heavy atom. The van der Waals surface area contributed by atoms with E-state index in [1.54, 1.807) is 6.07 Å². The molecule has 1 rings (SSSR count). The second-order valence-corrected chi connectivity index (χ2v) is 3.62. The van der Waals surface area contributed by atoms with E-state index in [9.17, 15) is 0 Å². The van der Waals surface area contributed by atoms with Gasteiger partial charge in [-0.3, -0.25) is 0 Å². The third kappa shape index (κ3) is 2.28. The topological polar surface area (TPSA) is 33.0 Å². The van der Waals surface area contributed by atoms with Crippen molar-refractivity contribution in [2.24, 2.45) is 0 Å². The van der Waals surface area contributed by atoms with Gasteiger partial charge in [-0.25, -0.2) is 0 Å². The number of benzene rings is 1. The van der Waals surface area contributed by atoms with Crippen molar-refractivity contribution in [3.8, 4) is 24.2 Å². The minimum absolute atomic E-state index is 0.178. The first-order valence-corrected chi connectivity index (χ1v) is 4.75. The SMILES string of the molecule is C#CCOc1c(C)cc(Br)cc1C#N. The van der Waals surface area contributed by atoms with E-state index >= 15 is 0 Å². The van der Waals surface area contributed by atoms with E-state index in [1.807, 2.05) is 13.0 Å². The third-order valence-electron chi connectivity index (χ3n) is 1.66. The molecule has 1 aromatic rings. The van der Waals surface area contributed by atoms with Gasteiger partial charge in [-0.2, -0.15) is 5.26 Å². The lowest BCUT2D eigenvalue weighted by atomic mass is 10.1. The zero-order valence-corrected chi connectivity index (χ0v) is 9.26. The van der Waals surface area contributed by atoms with Crippen LogP contribution in [0.3, 0.4) is 0 Å². The normalized spacial score (nSPS) is 8.86. The molecule has 0 aliphatic carbocycles. The van der Waals surface area contributed by atoms with Gasteiger partial charge < -0.3 is 4.74 Å². The predicted octanol–water partition coefficient (Wildman–Crippen LogP) is 2.64. The number of nitrogens with zero attached hydrogens (tertiary/aromatic N) is 1. The first-order valence-electron chi connectivity index (χ1n) is 3.95. The van der Waals surface area contributed by atoms with Gasteiger partial charge in [0.1, 0.15) is 18.4 Å². The number of nitriles is 1. The average molecular weight is 250 g/mol. The van der Waals surface area contributed by atoms with Crippen LogP contribution in [-0.2, 0) is 0 Å². The van der Waals surface area contributed by atoms with E-state index in [4.69, 9.17) is 16.4 Å². The Balaban J connectivity index is 3.15. The molecule has 0 unspecified atom stereocenters. The van der Waals surface area contributed by atoms with Crippen LogP contribution in [0.5, 0.6) is 5.75 Å². The summed E-state index contributed by atoms with van der Waals surface area (Å²) in [6.07, 6.45) is 5.08. The summed E-state index contributed by atoms with van der Waals surface area (Å²) in [5.74, 6) is 2.93. The van der Waals surface area contributed by atoms with Crippen molar-refractivity contribution in [3.63, 3.8) is 0 Å². The maximum atomic E-state index is 8.86. The molecule has 0 amide bonds. The number of hydrogen-bond donors (Lipinski definition) is 0. The zero-order valence-electron chi connectivity index (χ0n) is 7.67. The Bertz CT molecular complexity index is 426. The Morgan fingerprint density at radius 1 is 1.57 bits per heavy atom. The number of halogens is 1. The zero-order chi connectivity index (χ0) is 10.6. The molecule has 0 bridgehead atoms. The van der Waals surface area contributed by atoms with Crippen LogP contribution in [0.25, 0.3) is 0 Å². The van der Waals surface area contributed by atoms with Crippen molar-refractivity contribution in [3.05, 3.63) is 27.7 Å². The standard InChI is InChI=1S/C11H8BrNO/c1-3-4-14-11-8(2)5-10(12)6-9(11)7-13/h1,5-6H,4H2,2H3. The monoisotopic (exact) mass is 249 g/mol. The summed E-state index contributed by atoms with van der Waals surface area (Å²) in [7, 11) is 0. The highest BCUT2D eigenvalue weighted by molar-refractivity contribution is 9.10. The summed E-state index contributed by atoms with van der Waals surface area (Å²) < 4.78 is 6.14. The highest BCUT2D eigenvalue weighted by Crippen LogP contribution is 2.27. The smallest absolute Gasteiger partial charge is 0.148 e. The van der Waals surface area contributed by atoms with Gasteiger partial charge in [0, 0.05) is 4.47 Å². The second kappa shape index (κ2) is 4.69. The van der Waals surface area contributed by atoms with Gasteiger partial charge in [-0.05, 0) is 24.6 Å². The molecule has 1 aromatic carbocycles. The molecule has 3 heteroatoms. The number of terminal acetylenes is 1. The van der Waals surface area contributed by atoms with E-state index < -0.39 is 0 Å². The molecule has 0 fully saturated rings. The highest BCUT2D eigenvalue weighted by atomic mass is 79.9. The molecule has 0 saturated carbocycles. The fraction of sp³-hybridized carbons (Fsp3) is 0.182. The fourth-order valence-corrected chi connectivity index (χ4v) is 1.69. The molecular weight excluding hydrogens is 242 g/mol. The minimum Gasteiger partial charge on any atom is -0.479 e. The summed E-state index contributed by atoms with van der Waals surface area (Å²) in [6.45, 7) is 2.05. The number of aryl methyl sites for hydroxylation is 1. The molecule has 0 N–H and O–H groups in total. The van der Waals surface area contributed by atoms with Crippen LogP contribution in [-0.4, -0.2) is 6.61 Å². The molecular formula is C11H8BrNO. The molecule has 0 spiro atoms. The lowest BCUT2D eigenvalue weighted by Crippen LogP contribution is -1.98. The highest BCUT2D eigenvalue weighted by Gasteiger charge is 2.07. The van der Waals surface area contributed by atoms with Crippen molar-refractivity contribution in [2.45, 2.75) is 6.92 Å². The van der Waals surface area contributed by atoms with Crippen LogP contribution in [0, 0.1) is 30.6 Å². The molecule has 70 valence electrons. The van der Waals surface area contributed by atoms with E-state index in [2.05, 4.69) is 27.9 Å². The molecule has 0 radical (unpaired) electrons. The summed E-state index contributed by atoms with van der Waals surface area (Å²) in [5.41, 5.74) is 1.39. The summed E-state index contributed by atoms with van der Waals surface area (Å²) in [6, 6.07) is 5.65. The van der Waals surface area contributed by atoms with Crippen LogP contribution in [0.2, 0.25) is 0 Å². The largest absolute Gasteiger partial charge is 0.479 e. The van der Waals surface area contributed by atoms with E-state index in [0.717, 1.165) is 10.0 Å². The second-order valence-electron chi connectivity index (χ2n) is 2.70. The lowest BCUT2D eigenvalue weighted by molar-refractivity contribution is 0.366. The Kier molecular flexibility index (Phi) is 3.56. The van der Waals surface area contributed by atoms with Gasteiger partial charge in [0.15, 0.2) is 0 Å². The molecule has 0 saturated heterocycles. The van der Waals surface area contributed by atoms with Gasteiger partial charge in [-0.1, -0.05) is 21.9 Å². The fourth-order valence-electron chi connectivity index (χ4n) is 1.12. The summed E-state index contributed by atoms with van der Waals surface area (Å²) in [5, 5.41) is 8.86. The van der Waals surface area contributed by atoms with Gasteiger partial charge in [0.2, 0.25) is 0 Å². The van der Waals surface area contributed by atoms with E-state index in [0.29, 0.717) is 11.3 Å². The van der Waals surface area contributed by atoms with E-state index in [1.165, 1.54) is 0 Å². The summed E-state index contributed by atoms with van der Waals surface area (Å²) >= 11 is 3.31. The molecule has 0 heterocycles. The van der Waals surface area contributed by atoms with Crippen LogP contribution in [0.1, 0.15) is 11.1 Å². The third-order valence-corrected chi connectivity index (χ3v) is 2.12. The quantitative estimate of drug-likeness (QED) is 0.756. The number of hydrogen-bond acceptors (Lipinski definition) is 2. The van der Waals surface area contributed by atoms with Crippen LogP contribution >= 0.6 is 15.9 Å². The maximum absolute atomic E-state index is 8.86.